The number of ether oxygens (including phenoxy) is 1. The first-order valence-electron chi connectivity index (χ1n) is 8.52. The van der Waals surface area contributed by atoms with E-state index in [-0.39, 0.29) is 22.7 Å². The van der Waals surface area contributed by atoms with Gasteiger partial charge in [-0.1, -0.05) is 13.8 Å². The number of carbonyl (C=O) groups is 1. The number of hydrogen-bond acceptors (Lipinski definition) is 4. The summed E-state index contributed by atoms with van der Waals surface area (Å²) < 4.78 is 18.0. The minimum absolute atomic E-state index is 0.0532. The minimum Gasteiger partial charge on any atom is -0.497 e. The lowest BCUT2D eigenvalue weighted by Crippen LogP contribution is -2.65. The Labute approximate surface area is 142 Å². The van der Waals surface area contributed by atoms with Crippen molar-refractivity contribution in [3.63, 3.8) is 0 Å². The summed E-state index contributed by atoms with van der Waals surface area (Å²) in [4.78, 5) is 11.3. The van der Waals surface area contributed by atoms with Crippen LogP contribution in [0.4, 0.5) is 0 Å². The number of carboxylic acid groups (broad SMARTS) is 1. The van der Waals surface area contributed by atoms with Crippen molar-refractivity contribution in [2.24, 2.45) is 17.3 Å². The van der Waals surface area contributed by atoms with Crippen molar-refractivity contribution in [2.45, 2.75) is 45.3 Å². The number of aromatic carboxylic acids is 1. The Balaban J connectivity index is 1.68. The van der Waals surface area contributed by atoms with E-state index in [1.165, 1.54) is 12.5 Å². The molecule has 6 heteroatoms. The van der Waals surface area contributed by atoms with Crippen molar-refractivity contribution in [2.75, 3.05) is 7.11 Å². The monoisotopic (exact) mass is 330 g/mol. The standard InChI is InChI=1S/C18H23BO5/c1-17(2)11-8-14(17)18(3)15(9-11)23-19(24-18)12-7-10(16(20)21)5-6-13(12)22-4/h5-7,11,14-15H,8-9H2,1-4H3,(H,20,21). The molecule has 4 aliphatic rings. The van der Waals surface area contributed by atoms with Gasteiger partial charge in [0.05, 0.1) is 24.4 Å². The van der Waals surface area contributed by atoms with E-state index in [1.807, 2.05) is 0 Å². The molecule has 2 bridgehead atoms. The summed E-state index contributed by atoms with van der Waals surface area (Å²) in [6.45, 7) is 6.78. The average molecular weight is 330 g/mol. The Morgan fingerprint density at radius 2 is 2.08 bits per heavy atom. The number of benzene rings is 1. The van der Waals surface area contributed by atoms with Gasteiger partial charge in [-0.25, -0.2) is 4.79 Å². The molecule has 4 atom stereocenters. The highest BCUT2D eigenvalue weighted by Crippen LogP contribution is 2.65. The summed E-state index contributed by atoms with van der Waals surface area (Å²) in [5.74, 6) is 0.769. The van der Waals surface area contributed by atoms with Crippen LogP contribution in [0.2, 0.25) is 0 Å². The molecule has 0 spiro atoms. The summed E-state index contributed by atoms with van der Waals surface area (Å²) in [7, 11) is 0.993. The fourth-order valence-corrected chi connectivity index (χ4v) is 5.05. The van der Waals surface area contributed by atoms with Gasteiger partial charge < -0.3 is 19.2 Å². The van der Waals surface area contributed by atoms with Crippen molar-refractivity contribution in [3.05, 3.63) is 23.8 Å². The van der Waals surface area contributed by atoms with E-state index < -0.39 is 13.1 Å². The molecule has 0 amide bonds. The van der Waals surface area contributed by atoms with Gasteiger partial charge in [0, 0.05) is 5.46 Å². The first kappa shape index (κ1) is 16.0. The molecule has 0 radical (unpaired) electrons. The summed E-state index contributed by atoms with van der Waals surface area (Å²) in [6, 6.07) is 4.80. The summed E-state index contributed by atoms with van der Waals surface area (Å²) in [5.41, 5.74) is 0.814. The zero-order valence-corrected chi connectivity index (χ0v) is 14.5. The highest BCUT2D eigenvalue weighted by atomic mass is 16.7. The SMILES string of the molecule is COc1ccc(C(=O)O)cc1B1OC2CC3CC(C3(C)C)C2(C)O1. The van der Waals surface area contributed by atoms with E-state index in [1.54, 1.807) is 19.2 Å². The fourth-order valence-electron chi connectivity index (χ4n) is 5.05. The van der Waals surface area contributed by atoms with Gasteiger partial charge in [0.2, 0.25) is 0 Å². The molecule has 1 saturated heterocycles. The van der Waals surface area contributed by atoms with E-state index >= 15 is 0 Å². The van der Waals surface area contributed by atoms with Crippen molar-refractivity contribution in [3.8, 4) is 5.75 Å². The molecule has 4 fully saturated rings. The normalized spacial score (nSPS) is 36.0. The summed E-state index contributed by atoms with van der Waals surface area (Å²) >= 11 is 0. The van der Waals surface area contributed by atoms with Gasteiger partial charge in [-0.05, 0) is 55.2 Å². The quantitative estimate of drug-likeness (QED) is 0.862. The van der Waals surface area contributed by atoms with Crippen molar-refractivity contribution in [1.82, 2.24) is 0 Å². The van der Waals surface area contributed by atoms with Gasteiger partial charge >= 0.3 is 13.1 Å². The Kier molecular flexibility index (Phi) is 3.32. The predicted molar refractivity (Wildman–Crippen MR) is 89.7 cm³/mol. The van der Waals surface area contributed by atoms with Gasteiger partial charge in [0.15, 0.2) is 0 Å². The second kappa shape index (κ2) is 4.99. The van der Waals surface area contributed by atoms with Crippen LogP contribution in [-0.4, -0.2) is 37.0 Å². The molecule has 1 aromatic carbocycles. The average Bonchev–Trinajstić information content (AvgIpc) is 2.90. The summed E-state index contributed by atoms with van der Waals surface area (Å²) in [5, 5.41) is 9.27. The molecule has 1 aliphatic heterocycles. The molecule has 24 heavy (non-hydrogen) atoms. The number of rotatable bonds is 3. The Morgan fingerprint density at radius 3 is 2.71 bits per heavy atom. The Hall–Kier alpha value is -1.53. The van der Waals surface area contributed by atoms with Crippen LogP contribution in [0.15, 0.2) is 18.2 Å². The predicted octanol–water partition coefficient (Wildman–Crippen LogP) is 2.33. The van der Waals surface area contributed by atoms with E-state index in [0.717, 1.165) is 6.42 Å². The molecule has 5 rings (SSSR count). The number of hydrogen-bond donors (Lipinski definition) is 1. The van der Waals surface area contributed by atoms with E-state index in [0.29, 0.717) is 23.0 Å². The van der Waals surface area contributed by atoms with Crippen LogP contribution in [0.3, 0.4) is 0 Å². The molecule has 3 saturated carbocycles. The van der Waals surface area contributed by atoms with E-state index in [2.05, 4.69) is 20.8 Å². The van der Waals surface area contributed by atoms with E-state index in [4.69, 9.17) is 14.0 Å². The van der Waals surface area contributed by atoms with Crippen LogP contribution in [-0.2, 0) is 9.31 Å². The maximum absolute atomic E-state index is 11.3. The summed E-state index contributed by atoms with van der Waals surface area (Å²) in [6.07, 6.45) is 2.23. The molecule has 1 heterocycles. The zero-order valence-electron chi connectivity index (χ0n) is 14.5. The van der Waals surface area contributed by atoms with Gasteiger partial charge in [-0.3, -0.25) is 0 Å². The third kappa shape index (κ3) is 1.99. The lowest BCUT2D eigenvalue weighted by Gasteiger charge is -2.64. The van der Waals surface area contributed by atoms with Crippen LogP contribution in [0.1, 0.15) is 44.0 Å². The molecule has 0 aromatic heterocycles. The highest BCUT2D eigenvalue weighted by molar-refractivity contribution is 6.63. The first-order chi connectivity index (χ1) is 11.3. The second-order valence-corrected chi connectivity index (χ2v) is 8.06. The number of methoxy groups -OCH3 is 1. The molecule has 5 nitrogen and oxygen atoms in total. The van der Waals surface area contributed by atoms with Gasteiger partial charge in [-0.2, -0.15) is 0 Å². The van der Waals surface area contributed by atoms with Gasteiger partial charge in [-0.15, -0.1) is 0 Å². The third-order valence-corrected chi connectivity index (χ3v) is 6.68. The van der Waals surface area contributed by atoms with Crippen LogP contribution in [0, 0.1) is 17.3 Å². The molecule has 3 aliphatic carbocycles. The molecule has 1 aromatic rings. The molecule has 4 unspecified atom stereocenters. The van der Waals surface area contributed by atoms with Crippen LogP contribution in [0.25, 0.3) is 0 Å². The largest absolute Gasteiger partial charge is 0.498 e. The van der Waals surface area contributed by atoms with E-state index in [9.17, 15) is 9.90 Å². The highest BCUT2D eigenvalue weighted by Gasteiger charge is 2.68. The number of carboxylic acids is 1. The second-order valence-electron chi connectivity index (χ2n) is 8.06. The molecular formula is C18H23BO5. The Morgan fingerprint density at radius 1 is 1.33 bits per heavy atom. The van der Waals surface area contributed by atoms with Crippen LogP contribution < -0.4 is 10.2 Å². The topological polar surface area (TPSA) is 65.0 Å². The zero-order chi connectivity index (χ0) is 17.3. The van der Waals surface area contributed by atoms with Crippen molar-refractivity contribution < 1.29 is 23.9 Å². The lowest BCUT2D eigenvalue weighted by atomic mass is 9.43. The minimum atomic E-state index is -0.969. The lowest BCUT2D eigenvalue weighted by molar-refractivity contribution is -0.199. The Bertz CT molecular complexity index is 703. The molecule has 128 valence electrons. The van der Waals surface area contributed by atoms with Crippen molar-refractivity contribution in [1.29, 1.82) is 0 Å². The third-order valence-electron chi connectivity index (χ3n) is 6.68. The fraction of sp³-hybridized carbons (Fsp3) is 0.611. The van der Waals surface area contributed by atoms with Crippen LogP contribution >= 0.6 is 0 Å². The molecule has 1 N–H and O–H groups in total. The molecular weight excluding hydrogens is 307 g/mol. The first-order valence-corrected chi connectivity index (χ1v) is 8.52. The van der Waals surface area contributed by atoms with Gasteiger partial charge in [0.25, 0.3) is 0 Å². The van der Waals surface area contributed by atoms with Crippen LogP contribution in [0.5, 0.6) is 5.75 Å². The van der Waals surface area contributed by atoms with Gasteiger partial charge in [0.1, 0.15) is 5.75 Å². The smallest absolute Gasteiger partial charge is 0.497 e. The van der Waals surface area contributed by atoms with Crippen molar-refractivity contribution >= 4 is 18.6 Å². The maximum atomic E-state index is 11.3. The maximum Gasteiger partial charge on any atom is 0.498 e.